The molecule has 1 amide bonds. The van der Waals surface area contributed by atoms with Crippen molar-refractivity contribution < 1.29 is 4.79 Å². The number of hydrogen-bond donors (Lipinski definition) is 1. The fourth-order valence-electron chi connectivity index (χ4n) is 3.34. The van der Waals surface area contributed by atoms with Crippen LogP contribution in [0.5, 0.6) is 0 Å². The topological polar surface area (TPSA) is 29.1 Å². The van der Waals surface area contributed by atoms with E-state index in [-0.39, 0.29) is 5.91 Å². The zero-order valence-corrected chi connectivity index (χ0v) is 18.3. The lowest BCUT2D eigenvalue weighted by Gasteiger charge is -2.03. The Bertz CT molecular complexity index is 348. The summed E-state index contributed by atoms with van der Waals surface area (Å²) >= 11 is 0. The smallest absolute Gasteiger partial charge is 0.220 e. The molecule has 0 heterocycles. The summed E-state index contributed by atoms with van der Waals surface area (Å²) in [6, 6.07) is 0. The van der Waals surface area contributed by atoms with Crippen LogP contribution in [0.2, 0.25) is 0 Å². The van der Waals surface area contributed by atoms with Gasteiger partial charge in [0.05, 0.1) is 0 Å². The highest BCUT2D eigenvalue weighted by atomic mass is 16.1. The van der Waals surface area contributed by atoms with Crippen molar-refractivity contribution in [3.8, 4) is 0 Å². The number of carbonyl (C=O) groups is 1. The molecule has 0 aromatic carbocycles. The van der Waals surface area contributed by atoms with Gasteiger partial charge < -0.3 is 5.32 Å². The van der Waals surface area contributed by atoms with E-state index in [9.17, 15) is 4.79 Å². The summed E-state index contributed by atoms with van der Waals surface area (Å²) in [5.41, 5.74) is 0. The molecule has 0 aliphatic heterocycles. The third kappa shape index (κ3) is 22.9. The van der Waals surface area contributed by atoms with Crippen LogP contribution in [-0.4, -0.2) is 12.5 Å². The van der Waals surface area contributed by atoms with Crippen LogP contribution in [0.1, 0.15) is 122 Å². The van der Waals surface area contributed by atoms with Crippen LogP contribution < -0.4 is 5.32 Å². The fourth-order valence-corrected chi connectivity index (χ4v) is 3.34. The minimum atomic E-state index is 0.163. The predicted molar refractivity (Wildman–Crippen MR) is 121 cm³/mol. The molecule has 1 N–H and O–H groups in total. The molecule has 0 rings (SSSR count). The Kier molecular flexibility index (Phi) is 22.1. The van der Waals surface area contributed by atoms with Crippen molar-refractivity contribution in [3.05, 3.63) is 24.8 Å². The quantitative estimate of drug-likeness (QED) is 0.160. The zero-order valence-electron chi connectivity index (χ0n) is 18.3. The zero-order chi connectivity index (χ0) is 19.8. The molecule has 2 heteroatoms. The Morgan fingerprint density at radius 3 is 1.63 bits per heavy atom. The monoisotopic (exact) mass is 377 g/mol. The van der Waals surface area contributed by atoms with Gasteiger partial charge in [0.2, 0.25) is 5.91 Å². The number of allylic oxidation sites excluding steroid dienone is 2. The van der Waals surface area contributed by atoms with Gasteiger partial charge >= 0.3 is 0 Å². The average Bonchev–Trinajstić information content (AvgIpc) is 2.68. The Hall–Kier alpha value is -1.05. The highest BCUT2D eigenvalue weighted by Gasteiger charge is 1.99. The van der Waals surface area contributed by atoms with Crippen LogP contribution in [0, 0.1) is 0 Å². The second kappa shape index (κ2) is 23.0. The Balaban J connectivity index is 3.13. The standard InChI is InChI=1S/C25H47NO/c1-3-5-6-7-8-9-10-11-12-13-14-15-16-17-18-19-20-21-22-23-25(27)26-24-4-2/h4,11-12H,2-3,5-10,13-24H2,1H3,(H,26,27)/b12-11-. The first-order valence-electron chi connectivity index (χ1n) is 11.8. The summed E-state index contributed by atoms with van der Waals surface area (Å²) in [6.07, 6.45) is 29.8. The number of rotatable bonds is 21. The van der Waals surface area contributed by atoms with Gasteiger partial charge in [-0.1, -0.05) is 102 Å². The van der Waals surface area contributed by atoms with E-state index in [1.165, 1.54) is 103 Å². The van der Waals surface area contributed by atoms with E-state index < -0.39 is 0 Å². The Morgan fingerprint density at radius 1 is 0.704 bits per heavy atom. The average molecular weight is 378 g/mol. The maximum Gasteiger partial charge on any atom is 0.220 e. The highest BCUT2D eigenvalue weighted by molar-refractivity contribution is 5.75. The molecule has 0 saturated carbocycles. The van der Waals surface area contributed by atoms with E-state index in [0.717, 1.165) is 6.42 Å². The number of unbranched alkanes of at least 4 members (excludes halogenated alkanes) is 15. The van der Waals surface area contributed by atoms with E-state index in [2.05, 4.69) is 31.0 Å². The molecule has 27 heavy (non-hydrogen) atoms. The van der Waals surface area contributed by atoms with Gasteiger partial charge in [0, 0.05) is 13.0 Å². The highest BCUT2D eigenvalue weighted by Crippen LogP contribution is 2.12. The number of hydrogen-bond acceptors (Lipinski definition) is 1. The maximum absolute atomic E-state index is 11.4. The number of amides is 1. The van der Waals surface area contributed by atoms with Crippen LogP contribution in [0.25, 0.3) is 0 Å². The fraction of sp³-hybridized carbons (Fsp3) is 0.800. The van der Waals surface area contributed by atoms with Crippen molar-refractivity contribution in [1.82, 2.24) is 5.32 Å². The van der Waals surface area contributed by atoms with Gasteiger partial charge in [0.25, 0.3) is 0 Å². The van der Waals surface area contributed by atoms with E-state index in [1.807, 2.05) is 0 Å². The van der Waals surface area contributed by atoms with Crippen molar-refractivity contribution in [2.24, 2.45) is 0 Å². The van der Waals surface area contributed by atoms with Gasteiger partial charge in [-0.05, 0) is 32.1 Å². The second-order valence-corrected chi connectivity index (χ2v) is 7.84. The van der Waals surface area contributed by atoms with Crippen LogP contribution in [0.4, 0.5) is 0 Å². The summed E-state index contributed by atoms with van der Waals surface area (Å²) in [6.45, 7) is 6.47. The third-order valence-electron chi connectivity index (χ3n) is 5.11. The van der Waals surface area contributed by atoms with E-state index in [4.69, 9.17) is 0 Å². The second-order valence-electron chi connectivity index (χ2n) is 7.84. The summed E-state index contributed by atoms with van der Waals surface area (Å²) in [7, 11) is 0. The van der Waals surface area contributed by atoms with Gasteiger partial charge in [-0.25, -0.2) is 0 Å². The van der Waals surface area contributed by atoms with Crippen LogP contribution in [0.15, 0.2) is 24.8 Å². The molecule has 2 nitrogen and oxygen atoms in total. The normalized spacial score (nSPS) is 11.1. The van der Waals surface area contributed by atoms with Crippen molar-refractivity contribution >= 4 is 5.91 Å². The molecule has 0 aromatic heterocycles. The molecule has 0 saturated heterocycles. The third-order valence-corrected chi connectivity index (χ3v) is 5.11. The molecule has 0 spiro atoms. The summed E-state index contributed by atoms with van der Waals surface area (Å²) in [4.78, 5) is 11.4. The molecule has 0 bridgehead atoms. The lowest BCUT2D eigenvalue weighted by Crippen LogP contribution is -2.22. The SMILES string of the molecule is C=CCNC(=O)CCCCCCCCCCC/C=C\CCCCCCCC. The molecule has 0 unspecified atom stereocenters. The summed E-state index contributed by atoms with van der Waals surface area (Å²) in [5, 5.41) is 2.83. The van der Waals surface area contributed by atoms with E-state index in [1.54, 1.807) is 6.08 Å². The molecule has 0 fully saturated rings. The van der Waals surface area contributed by atoms with Crippen molar-refractivity contribution in [2.75, 3.05) is 6.54 Å². The lowest BCUT2D eigenvalue weighted by atomic mass is 10.1. The van der Waals surface area contributed by atoms with Gasteiger partial charge in [-0.3, -0.25) is 4.79 Å². The van der Waals surface area contributed by atoms with Gasteiger partial charge in [0.15, 0.2) is 0 Å². The molecular weight excluding hydrogens is 330 g/mol. The molecule has 0 aromatic rings. The van der Waals surface area contributed by atoms with E-state index >= 15 is 0 Å². The first kappa shape index (κ1) is 26.0. The number of nitrogens with one attached hydrogen (secondary N) is 1. The predicted octanol–water partition coefficient (Wildman–Crippen LogP) is 7.89. The van der Waals surface area contributed by atoms with Crippen LogP contribution in [-0.2, 0) is 4.79 Å². The molecular formula is C25H47NO. The molecule has 158 valence electrons. The van der Waals surface area contributed by atoms with Gasteiger partial charge in [0.1, 0.15) is 0 Å². The maximum atomic E-state index is 11.4. The molecule has 0 aliphatic carbocycles. The summed E-state index contributed by atoms with van der Waals surface area (Å²) < 4.78 is 0. The largest absolute Gasteiger partial charge is 0.353 e. The van der Waals surface area contributed by atoms with Gasteiger partial charge in [-0.2, -0.15) is 0 Å². The minimum absolute atomic E-state index is 0.163. The Labute approximate surface area is 170 Å². The van der Waals surface area contributed by atoms with E-state index in [0.29, 0.717) is 13.0 Å². The van der Waals surface area contributed by atoms with Crippen LogP contribution >= 0.6 is 0 Å². The molecule has 0 radical (unpaired) electrons. The number of carbonyl (C=O) groups excluding carboxylic acids is 1. The van der Waals surface area contributed by atoms with Crippen molar-refractivity contribution in [2.45, 2.75) is 122 Å². The van der Waals surface area contributed by atoms with Crippen molar-refractivity contribution in [1.29, 1.82) is 0 Å². The van der Waals surface area contributed by atoms with Crippen LogP contribution in [0.3, 0.4) is 0 Å². The first-order chi connectivity index (χ1) is 13.3. The first-order valence-corrected chi connectivity index (χ1v) is 11.8. The lowest BCUT2D eigenvalue weighted by molar-refractivity contribution is -0.121. The van der Waals surface area contributed by atoms with Crippen molar-refractivity contribution in [3.63, 3.8) is 0 Å². The van der Waals surface area contributed by atoms with Gasteiger partial charge in [-0.15, -0.1) is 6.58 Å². The molecule has 0 atom stereocenters. The summed E-state index contributed by atoms with van der Waals surface area (Å²) in [5.74, 6) is 0.163. The minimum Gasteiger partial charge on any atom is -0.353 e. The Morgan fingerprint density at radius 2 is 1.15 bits per heavy atom. The molecule has 0 aliphatic rings.